The summed E-state index contributed by atoms with van der Waals surface area (Å²) in [6.45, 7) is 3.44. The number of rotatable bonds is 2. The van der Waals surface area contributed by atoms with Gasteiger partial charge in [0, 0.05) is 0 Å². The normalized spacial score (nSPS) is 13.5. The number of hydrogen-bond donors (Lipinski definition) is 0. The molecule has 0 aromatic rings. The smallest absolute Gasteiger partial charge is 0.111 e. The largest absolute Gasteiger partial charge is 0.246 e. The molecule has 0 fully saturated rings. The van der Waals surface area contributed by atoms with Gasteiger partial charge in [0.1, 0.15) is 6.67 Å². The van der Waals surface area contributed by atoms with Crippen LogP contribution in [-0.2, 0) is 0 Å². The topological polar surface area (TPSA) is 0 Å². The fraction of sp³-hybridized carbons (Fsp3) is 0.667. The molecule has 0 unspecified atom stereocenters. The van der Waals surface area contributed by atoms with Crippen molar-refractivity contribution in [2.75, 3.05) is 6.67 Å². The molecule has 0 aliphatic heterocycles. The van der Waals surface area contributed by atoms with Crippen molar-refractivity contribution >= 4 is 15.9 Å². The lowest BCUT2D eigenvalue weighted by atomic mass is 10.3. The molecule has 0 radical (unpaired) electrons. The van der Waals surface area contributed by atoms with Gasteiger partial charge in [-0.1, -0.05) is 22.9 Å². The molecule has 0 N–H and O–H groups in total. The minimum absolute atomic E-state index is 0.339. The zero-order chi connectivity index (χ0) is 6.57. The molecule has 0 saturated heterocycles. The molecule has 0 aromatic heterocycles. The van der Waals surface area contributed by atoms with Gasteiger partial charge in [0.2, 0.25) is 0 Å². The van der Waals surface area contributed by atoms with Crippen molar-refractivity contribution in [3.05, 3.63) is 10.1 Å². The predicted octanol–water partition coefficient (Wildman–Crippen LogP) is 3.03. The van der Waals surface area contributed by atoms with E-state index < -0.39 is 0 Å². The summed E-state index contributed by atoms with van der Waals surface area (Å²) in [5, 5.41) is 0. The minimum atomic E-state index is -0.339. The summed E-state index contributed by atoms with van der Waals surface area (Å²) in [4.78, 5) is 0. The summed E-state index contributed by atoms with van der Waals surface area (Å²) in [5.74, 6) is 0. The van der Waals surface area contributed by atoms with E-state index in [-0.39, 0.29) is 6.67 Å². The van der Waals surface area contributed by atoms with Gasteiger partial charge in [-0.25, -0.2) is 4.39 Å². The van der Waals surface area contributed by atoms with E-state index in [0.717, 1.165) is 16.5 Å². The number of halogens is 2. The van der Waals surface area contributed by atoms with Gasteiger partial charge in [-0.2, -0.15) is 0 Å². The van der Waals surface area contributed by atoms with Gasteiger partial charge in [0.25, 0.3) is 0 Å². The summed E-state index contributed by atoms with van der Waals surface area (Å²) >= 11 is 3.24. The molecule has 0 saturated carbocycles. The Balaban J connectivity index is 3.83. The fourth-order valence-corrected chi connectivity index (χ4v) is 0.480. The van der Waals surface area contributed by atoms with Crippen molar-refractivity contribution in [1.82, 2.24) is 0 Å². The number of allylic oxidation sites excluding steroid dienone is 2. The van der Waals surface area contributed by atoms with Crippen LogP contribution in [-0.4, -0.2) is 6.67 Å². The van der Waals surface area contributed by atoms with Crippen LogP contribution in [0.2, 0.25) is 0 Å². The van der Waals surface area contributed by atoms with Gasteiger partial charge >= 0.3 is 0 Å². The third-order valence-electron chi connectivity index (χ3n) is 0.974. The molecule has 0 amide bonds. The van der Waals surface area contributed by atoms with Gasteiger partial charge in [-0.3, -0.25) is 0 Å². The van der Waals surface area contributed by atoms with Gasteiger partial charge in [-0.05, 0) is 23.4 Å². The lowest BCUT2D eigenvalue weighted by Gasteiger charge is -1.95. The van der Waals surface area contributed by atoms with Gasteiger partial charge in [0.15, 0.2) is 0 Å². The third-order valence-corrected chi connectivity index (χ3v) is 2.21. The molecule has 0 aromatic carbocycles. The molecule has 0 rings (SSSR count). The first-order valence-electron chi connectivity index (χ1n) is 2.62. The molecule has 0 atom stereocenters. The Morgan fingerprint density at radius 2 is 2.12 bits per heavy atom. The first kappa shape index (κ1) is 8.15. The van der Waals surface area contributed by atoms with Crippen LogP contribution in [0.5, 0.6) is 0 Å². The second-order valence-corrected chi connectivity index (χ2v) is 2.63. The Morgan fingerprint density at radius 1 is 1.62 bits per heavy atom. The maximum atomic E-state index is 11.7. The van der Waals surface area contributed by atoms with Crippen LogP contribution < -0.4 is 0 Å². The maximum absolute atomic E-state index is 11.7. The Hall–Kier alpha value is 0.150. The van der Waals surface area contributed by atoms with Crippen molar-refractivity contribution < 1.29 is 4.39 Å². The maximum Gasteiger partial charge on any atom is 0.111 e. The second kappa shape index (κ2) is 4.07. The van der Waals surface area contributed by atoms with E-state index in [2.05, 4.69) is 15.9 Å². The van der Waals surface area contributed by atoms with Crippen molar-refractivity contribution in [1.29, 1.82) is 0 Å². The minimum Gasteiger partial charge on any atom is -0.246 e. The standard InChI is InChI=1S/C6H10BrF/c1-3-6(7)5(2)4-8/h3-4H2,1-2H3/b6-5-. The zero-order valence-electron chi connectivity index (χ0n) is 5.17. The summed E-state index contributed by atoms with van der Waals surface area (Å²) in [6, 6.07) is 0. The summed E-state index contributed by atoms with van der Waals surface area (Å²) in [5.41, 5.74) is 0.799. The first-order chi connectivity index (χ1) is 3.72. The quantitative estimate of drug-likeness (QED) is 0.614. The van der Waals surface area contributed by atoms with Crippen LogP contribution in [0.25, 0.3) is 0 Å². The molecule has 0 bridgehead atoms. The van der Waals surface area contributed by atoms with Crippen LogP contribution >= 0.6 is 15.9 Å². The molecule has 0 nitrogen and oxygen atoms in total. The van der Waals surface area contributed by atoms with Crippen molar-refractivity contribution in [3.63, 3.8) is 0 Å². The van der Waals surface area contributed by atoms with Crippen LogP contribution in [0, 0.1) is 0 Å². The molecule has 0 spiro atoms. The molecule has 0 heterocycles. The number of hydrogen-bond acceptors (Lipinski definition) is 0. The van der Waals surface area contributed by atoms with Gasteiger partial charge in [-0.15, -0.1) is 0 Å². The fourth-order valence-electron chi connectivity index (χ4n) is 0.374. The van der Waals surface area contributed by atoms with Crippen LogP contribution in [0.4, 0.5) is 4.39 Å². The van der Waals surface area contributed by atoms with Gasteiger partial charge < -0.3 is 0 Å². The highest BCUT2D eigenvalue weighted by Gasteiger charge is 1.92. The van der Waals surface area contributed by atoms with E-state index in [0.29, 0.717) is 0 Å². The summed E-state index contributed by atoms with van der Waals surface area (Å²) < 4.78 is 12.7. The highest BCUT2D eigenvalue weighted by atomic mass is 79.9. The van der Waals surface area contributed by atoms with Gasteiger partial charge in [0.05, 0.1) is 0 Å². The third kappa shape index (κ3) is 2.46. The Bertz CT molecular complexity index is 84.7. The van der Waals surface area contributed by atoms with Crippen molar-refractivity contribution in [2.45, 2.75) is 20.3 Å². The van der Waals surface area contributed by atoms with Crippen LogP contribution in [0.15, 0.2) is 10.1 Å². The molecule has 48 valence electrons. The number of alkyl halides is 1. The Kier molecular flexibility index (Phi) is 4.15. The van der Waals surface area contributed by atoms with E-state index in [9.17, 15) is 4.39 Å². The lowest BCUT2D eigenvalue weighted by molar-refractivity contribution is 0.541. The van der Waals surface area contributed by atoms with E-state index in [1.165, 1.54) is 0 Å². The Labute approximate surface area is 57.9 Å². The highest BCUT2D eigenvalue weighted by molar-refractivity contribution is 9.11. The van der Waals surface area contributed by atoms with Crippen LogP contribution in [0.3, 0.4) is 0 Å². The first-order valence-corrected chi connectivity index (χ1v) is 3.41. The molecule has 2 heteroatoms. The van der Waals surface area contributed by atoms with E-state index >= 15 is 0 Å². The average molecular weight is 181 g/mol. The second-order valence-electron chi connectivity index (χ2n) is 1.67. The van der Waals surface area contributed by atoms with E-state index in [1.807, 2.05) is 6.92 Å². The highest BCUT2D eigenvalue weighted by Crippen LogP contribution is 2.14. The molecular formula is C6H10BrF. The van der Waals surface area contributed by atoms with E-state index in [1.54, 1.807) is 6.92 Å². The summed E-state index contributed by atoms with van der Waals surface area (Å²) in [7, 11) is 0. The van der Waals surface area contributed by atoms with Crippen molar-refractivity contribution in [2.24, 2.45) is 0 Å². The molecule has 8 heavy (non-hydrogen) atoms. The lowest BCUT2D eigenvalue weighted by Crippen LogP contribution is -1.80. The summed E-state index contributed by atoms with van der Waals surface area (Å²) in [6.07, 6.45) is 0.885. The predicted molar refractivity (Wildman–Crippen MR) is 37.9 cm³/mol. The van der Waals surface area contributed by atoms with Crippen molar-refractivity contribution in [3.8, 4) is 0 Å². The molecule has 0 aliphatic rings. The molecule has 0 aliphatic carbocycles. The average Bonchev–Trinajstić information content (AvgIpc) is 1.84. The van der Waals surface area contributed by atoms with E-state index in [4.69, 9.17) is 0 Å². The molecular weight excluding hydrogens is 171 g/mol. The SMILES string of the molecule is CC/C(Br)=C(\C)CF. The monoisotopic (exact) mass is 180 g/mol. The zero-order valence-corrected chi connectivity index (χ0v) is 6.76. The Morgan fingerprint density at radius 3 is 2.25 bits per heavy atom. The van der Waals surface area contributed by atoms with Crippen LogP contribution in [0.1, 0.15) is 20.3 Å².